The first kappa shape index (κ1) is 18.5. The molecule has 1 aromatic carbocycles. The third kappa shape index (κ3) is 4.53. The molecule has 1 aromatic rings. The van der Waals surface area contributed by atoms with E-state index in [1.54, 1.807) is 7.11 Å². The number of aryl methyl sites for hydroxylation is 1. The standard InChI is InChI=1S/C14H22N2O.2ClH/c1-11-10-13(17-3)4-5-14(11)12(2)16-8-6-15-7-9-16;;/h4-5,10,12,15H,6-9H2,1-3H3;2*1H/t12-;;/m0../s1. The van der Waals surface area contributed by atoms with Gasteiger partial charge in [-0.15, -0.1) is 24.8 Å². The number of piperazine rings is 1. The summed E-state index contributed by atoms with van der Waals surface area (Å²) in [5, 5.41) is 3.39. The maximum Gasteiger partial charge on any atom is 0.119 e. The minimum absolute atomic E-state index is 0. The molecular formula is C14H24Cl2N2O. The van der Waals surface area contributed by atoms with Crippen LogP contribution in [0.1, 0.15) is 24.1 Å². The van der Waals surface area contributed by atoms with Crippen molar-refractivity contribution in [3.8, 4) is 5.75 Å². The molecule has 1 fully saturated rings. The van der Waals surface area contributed by atoms with Crippen LogP contribution in [0, 0.1) is 6.92 Å². The number of nitrogens with zero attached hydrogens (tertiary/aromatic N) is 1. The van der Waals surface area contributed by atoms with Crippen LogP contribution in [0.15, 0.2) is 18.2 Å². The maximum atomic E-state index is 5.25. The first-order valence-electron chi connectivity index (χ1n) is 6.31. The van der Waals surface area contributed by atoms with Crippen molar-refractivity contribution in [2.24, 2.45) is 0 Å². The zero-order valence-corrected chi connectivity index (χ0v) is 13.4. The van der Waals surface area contributed by atoms with Crippen LogP contribution in [0.3, 0.4) is 0 Å². The summed E-state index contributed by atoms with van der Waals surface area (Å²) >= 11 is 0. The van der Waals surface area contributed by atoms with Gasteiger partial charge in [0.2, 0.25) is 0 Å². The van der Waals surface area contributed by atoms with E-state index < -0.39 is 0 Å². The van der Waals surface area contributed by atoms with Gasteiger partial charge < -0.3 is 10.1 Å². The molecule has 1 N–H and O–H groups in total. The van der Waals surface area contributed by atoms with Gasteiger partial charge in [0.05, 0.1) is 7.11 Å². The number of hydrogen-bond donors (Lipinski definition) is 1. The highest BCUT2D eigenvalue weighted by Crippen LogP contribution is 2.26. The van der Waals surface area contributed by atoms with Gasteiger partial charge in [-0.25, -0.2) is 0 Å². The highest BCUT2D eigenvalue weighted by Gasteiger charge is 2.19. The van der Waals surface area contributed by atoms with Crippen LogP contribution in [0.4, 0.5) is 0 Å². The van der Waals surface area contributed by atoms with Gasteiger partial charge in [0.25, 0.3) is 0 Å². The number of methoxy groups -OCH3 is 1. The Morgan fingerprint density at radius 1 is 1.21 bits per heavy atom. The predicted molar refractivity (Wildman–Crippen MR) is 85.1 cm³/mol. The van der Waals surface area contributed by atoms with Crippen LogP contribution < -0.4 is 10.1 Å². The highest BCUT2D eigenvalue weighted by molar-refractivity contribution is 5.85. The largest absolute Gasteiger partial charge is 0.497 e. The summed E-state index contributed by atoms with van der Waals surface area (Å²) in [4.78, 5) is 2.53. The van der Waals surface area contributed by atoms with E-state index in [4.69, 9.17) is 4.74 Å². The molecule has 1 saturated heterocycles. The van der Waals surface area contributed by atoms with Gasteiger partial charge in [0.15, 0.2) is 0 Å². The lowest BCUT2D eigenvalue weighted by Gasteiger charge is -2.33. The number of ether oxygens (including phenoxy) is 1. The predicted octanol–water partition coefficient (Wildman–Crippen LogP) is 2.81. The van der Waals surface area contributed by atoms with Gasteiger partial charge in [0, 0.05) is 32.2 Å². The Bertz CT molecular complexity index is 382. The molecule has 19 heavy (non-hydrogen) atoms. The van der Waals surface area contributed by atoms with E-state index in [0.29, 0.717) is 6.04 Å². The van der Waals surface area contributed by atoms with Crippen molar-refractivity contribution in [3.63, 3.8) is 0 Å². The van der Waals surface area contributed by atoms with Gasteiger partial charge in [-0.3, -0.25) is 4.90 Å². The van der Waals surface area contributed by atoms with Gasteiger partial charge in [0.1, 0.15) is 5.75 Å². The summed E-state index contributed by atoms with van der Waals surface area (Å²) < 4.78 is 5.25. The lowest BCUT2D eigenvalue weighted by atomic mass is 10.0. The minimum atomic E-state index is 0. The molecule has 1 aliphatic heterocycles. The van der Waals surface area contributed by atoms with Crippen LogP contribution in [-0.4, -0.2) is 38.2 Å². The van der Waals surface area contributed by atoms with Gasteiger partial charge in [-0.2, -0.15) is 0 Å². The van der Waals surface area contributed by atoms with Crippen molar-refractivity contribution in [2.45, 2.75) is 19.9 Å². The van der Waals surface area contributed by atoms with E-state index in [1.165, 1.54) is 11.1 Å². The van der Waals surface area contributed by atoms with E-state index in [-0.39, 0.29) is 24.8 Å². The number of halogens is 2. The van der Waals surface area contributed by atoms with Gasteiger partial charge in [-0.1, -0.05) is 6.07 Å². The molecule has 0 unspecified atom stereocenters. The average Bonchev–Trinajstić information content (AvgIpc) is 2.39. The molecule has 1 aliphatic rings. The second-order valence-electron chi connectivity index (χ2n) is 4.68. The van der Waals surface area contributed by atoms with Crippen LogP contribution in [-0.2, 0) is 0 Å². The van der Waals surface area contributed by atoms with E-state index in [9.17, 15) is 0 Å². The molecule has 1 heterocycles. The maximum absolute atomic E-state index is 5.25. The van der Waals surface area contributed by atoms with E-state index in [0.717, 1.165) is 31.9 Å². The summed E-state index contributed by atoms with van der Waals surface area (Å²) in [5.74, 6) is 0.943. The highest BCUT2D eigenvalue weighted by atomic mass is 35.5. The lowest BCUT2D eigenvalue weighted by molar-refractivity contribution is 0.185. The van der Waals surface area contributed by atoms with Crippen molar-refractivity contribution in [3.05, 3.63) is 29.3 Å². The first-order valence-corrected chi connectivity index (χ1v) is 6.31. The van der Waals surface area contributed by atoms with Crippen molar-refractivity contribution in [2.75, 3.05) is 33.3 Å². The molecule has 0 spiro atoms. The molecule has 0 saturated carbocycles. The normalized spacial score (nSPS) is 17.0. The Balaban J connectivity index is 0.00000162. The molecule has 2 rings (SSSR count). The number of hydrogen-bond acceptors (Lipinski definition) is 3. The fourth-order valence-electron chi connectivity index (χ4n) is 2.51. The Morgan fingerprint density at radius 3 is 2.37 bits per heavy atom. The van der Waals surface area contributed by atoms with Gasteiger partial charge >= 0.3 is 0 Å². The summed E-state index contributed by atoms with van der Waals surface area (Å²) in [5.41, 5.74) is 2.73. The van der Waals surface area contributed by atoms with Crippen LogP contribution in [0.5, 0.6) is 5.75 Å². The SMILES string of the molecule is COc1ccc([C@H](C)N2CCNCC2)c(C)c1.Cl.Cl. The van der Waals surface area contributed by atoms with Crippen LogP contribution >= 0.6 is 24.8 Å². The second-order valence-corrected chi connectivity index (χ2v) is 4.68. The molecular weight excluding hydrogens is 283 g/mol. The smallest absolute Gasteiger partial charge is 0.119 e. The monoisotopic (exact) mass is 306 g/mol. The average molecular weight is 307 g/mol. The summed E-state index contributed by atoms with van der Waals surface area (Å²) in [6.07, 6.45) is 0. The number of rotatable bonds is 3. The molecule has 0 aromatic heterocycles. The topological polar surface area (TPSA) is 24.5 Å². The van der Waals surface area contributed by atoms with Crippen molar-refractivity contribution >= 4 is 24.8 Å². The summed E-state index contributed by atoms with van der Waals surface area (Å²) in [6.45, 7) is 8.91. The van der Waals surface area contributed by atoms with Crippen LogP contribution in [0.25, 0.3) is 0 Å². The molecule has 1 atom stereocenters. The van der Waals surface area contributed by atoms with E-state index >= 15 is 0 Å². The molecule has 0 radical (unpaired) electrons. The van der Waals surface area contributed by atoms with Gasteiger partial charge in [-0.05, 0) is 37.1 Å². The Morgan fingerprint density at radius 2 is 1.84 bits per heavy atom. The zero-order valence-electron chi connectivity index (χ0n) is 11.8. The van der Waals surface area contributed by atoms with Crippen LogP contribution in [0.2, 0.25) is 0 Å². The Kier molecular flexibility index (Phi) is 8.42. The first-order chi connectivity index (χ1) is 8.22. The Labute approximate surface area is 128 Å². The molecule has 0 bridgehead atoms. The van der Waals surface area contributed by atoms with E-state index in [1.807, 2.05) is 0 Å². The fraction of sp³-hybridized carbons (Fsp3) is 0.571. The number of benzene rings is 1. The molecule has 0 amide bonds. The summed E-state index contributed by atoms with van der Waals surface area (Å²) in [6, 6.07) is 6.86. The Hall–Kier alpha value is -0.480. The molecule has 5 heteroatoms. The fourth-order valence-corrected chi connectivity index (χ4v) is 2.51. The van der Waals surface area contributed by atoms with Crippen molar-refractivity contribution in [1.82, 2.24) is 10.2 Å². The third-order valence-corrected chi connectivity index (χ3v) is 3.63. The minimum Gasteiger partial charge on any atom is -0.497 e. The van der Waals surface area contributed by atoms with Crippen molar-refractivity contribution in [1.29, 1.82) is 0 Å². The lowest BCUT2D eigenvalue weighted by Crippen LogP contribution is -2.44. The second kappa shape index (κ2) is 8.64. The molecule has 3 nitrogen and oxygen atoms in total. The number of nitrogens with one attached hydrogen (secondary N) is 1. The molecule has 0 aliphatic carbocycles. The zero-order chi connectivity index (χ0) is 12.3. The quantitative estimate of drug-likeness (QED) is 0.929. The van der Waals surface area contributed by atoms with Crippen molar-refractivity contribution < 1.29 is 4.74 Å². The van der Waals surface area contributed by atoms with E-state index in [2.05, 4.69) is 42.3 Å². The summed E-state index contributed by atoms with van der Waals surface area (Å²) in [7, 11) is 1.72. The third-order valence-electron chi connectivity index (χ3n) is 3.63. The molecule has 110 valence electrons.